The van der Waals surface area contributed by atoms with E-state index >= 15 is 0 Å². The molecule has 0 saturated carbocycles. The monoisotopic (exact) mass is 284 g/mol. The van der Waals surface area contributed by atoms with Crippen LogP contribution in [-0.4, -0.2) is 26.7 Å². The van der Waals surface area contributed by atoms with Crippen LogP contribution < -0.4 is 0 Å². The summed E-state index contributed by atoms with van der Waals surface area (Å²) in [6.07, 6.45) is 0. The summed E-state index contributed by atoms with van der Waals surface area (Å²) in [7, 11) is -3.57. The molecule has 0 aromatic heterocycles. The Morgan fingerprint density at radius 2 is 1.79 bits per heavy atom. The Balaban J connectivity index is 3.17. The van der Waals surface area contributed by atoms with Crippen molar-refractivity contribution in [2.45, 2.75) is 26.0 Å². The quantitative estimate of drug-likeness (QED) is 0.752. The molecular formula is C14H20O4S. The first-order chi connectivity index (χ1) is 8.88. The van der Waals surface area contributed by atoms with E-state index in [1.54, 1.807) is 37.3 Å². The maximum Gasteiger partial charge on any atom is 0.328 e. The number of hydrogen-bond donors (Lipinski definition) is 0. The van der Waals surface area contributed by atoms with Crippen molar-refractivity contribution in [1.82, 2.24) is 0 Å². The first-order valence-corrected chi connectivity index (χ1v) is 8.03. The highest BCUT2D eigenvalue weighted by molar-refractivity contribution is 7.92. The molecule has 19 heavy (non-hydrogen) atoms. The Bertz CT molecular complexity index is 506. The Labute approximate surface area is 114 Å². The van der Waals surface area contributed by atoms with E-state index in [9.17, 15) is 13.2 Å². The third-order valence-electron chi connectivity index (χ3n) is 2.53. The van der Waals surface area contributed by atoms with Gasteiger partial charge in [0.1, 0.15) is 0 Å². The van der Waals surface area contributed by atoms with Crippen LogP contribution in [0.5, 0.6) is 0 Å². The predicted molar refractivity (Wildman–Crippen MR) is 74.4 cm³/mol. The molecule has 0 bridgehead atoms. The molecule has 106 valence electrons. The molecule has 0 spiro atoms. The zero-order valence-electron chi connectivity index (χ0n) is 11.5. The normalized spacial score (nSPS) is 13.3. The predicted octanol–water partition coefficient (Wildman–Crippen LogP) is 2.36. The lowest BCUT2D eigenvalue weighted by atomic mass is 10.1. The molecule has 1 aromatic rings. The van der Waals surface area contributed by atoms with Gasteiger partial charge in [-0.2, -0.15) is 0 Å². The largest absolute Gasteiger partial charge is 0.465 e. The molecule has 0 fully saturated rings. The number of sulfone groups is 1. The summed E-state index contributed by atoms with van der Waals surface area (Å²) < 4.78 is 29.6. The number of carbonyl (C=O) groups excluding carboxylic acids is 1. The van der Waals surface area contributed by atoms with Crippen molar-refractivity contribution in [1.29, 1.82) is 0 Å². The van der Waals surface area contributed by atoms with Gasteiger partial charge in [0.25, 0.3) is 0 Å². The third kappa shape index (κ3) is 4.35. The van der Waals surface area contributed by atoms with Gasteiger partial charge in [-0.05, 0) is 18.4 Å². The molecule has 1 atom stereocenters. The van der Waals surface area contributed by atoms with Gasteiger partial charge >= 0.3 is 5.97 Å². The Morgan fingerprint density at radius 3 is 2.26 bits per heavy atom. The maximum atomic E-state index is 12.4. The molecule has 4 nitrogen and oxygen atoms in total. The van der Waals surface area contributed by atoms with Crippen LogP contribution in [-0.2, 0) is 19.4 Å². The topological polar surface area (TPSA) is 60.4 Å². The summed E-state index contributed by atoms with van der Waals surface area (Å²) in [4.78, 5) is 12.0. The van der Waals surface area contributed by atoms with Crippen LogP contribution in [0.3, 0.4) is 0 Å². The van der Waals surface area contributed by atoms with Crippen molar-refractivity contribution in [3.8, 4) is 0 Å². The average Bonchev–Trinajstić information content (AvgIpc) is 2.28. The lowest BCUT2D eigenvalue weighted by Crippen LogP contribution is -2.28. The highest BCUT2D eigenvalue weighted by atomic mass is 32.2. The lowest BCUT2D eigenvalue weighted by Gasteiger charge is -2.17. The Hall–Kier alpha value is -1.36. The first kappa shape index (κ1) is 15.7. The van der Waals surface area contributed by atoms with E-state index < -0.39 is 21.1 Å². The molecule has 0 amide bonds. The minimum absolute atomic E-state index is 0.0363. The van der Waals surface area contributed by atoms with Crippen LogP contribution in [0, 0.1) is 5.92 Å². The molecule has 1 aromatic carbocycles. The van der Waals surface area contributed by atoms with Crippen molar-refractivity contribution in [3.05, 3.63) is 35.9 Å². The van der Waals surface area contributed by atoms with Crippen LogP contribution in [0.15, 0.2) is 30.3 Å². The zero-order chi connectivity index (χ0) is 14.5. The van der Waals surface area contributed by atoms with E-state index in [1.165, 1.54) is 0 Å². The molecule has 0 aliphatic carbocycles. The number of benzene rings is 1. The van der Waals surface area contributed by atoms with Crippen LogP contribution in [0.2, 0.25) is 0 Å². The van der Waals surface area contributed by atoms with Gasteiger partial charge in [0.05, 0.1) is 12.4 Å². The van der Waals surface area contributed by atoms with Crippen LogP contribution in [0.25, 0.3) is 0 Å². The maximum absolute atomic E-state index is 12.4. The van der Waals surface area contributed by atoms with Crippen molar-refractivity contribution in [2.24, 2.45) is 5.92 Å². The minimum atomic E-state index is -3.57. The number of carbonyl (C=O) groups is 1. The molecular weight excluding hydrogens is 264 g/mol. The third-order valence-corrected chi connectivity index (χ3v) is 4.84. The second-order valence-electron chi connectivity index (χ2n) is 4.77. The SMILES string of the molecule is CCOC(=O)C(c1ccccc1)S(=O)(=O)CC(C)C. The molecule has 0 heterocycles. The van der Waals surface area contributed by atoms with Gasteiger partial charge in [-0.1, -0.05) is 44.2 Å². The van der Waals surface area contributed by atoms with Gasteiger partial charge in [0, 0.05) is 0 Å². The zero-order valence-corrected chi connectivity index (χ0v) is 12.3. The second-order valence-corrected chi connectivity index (χ2v) is 6.90. The summed E-state index contributed by atoms with van der Waals surface area (Å²) in [6.45, 7) is 5.45. The Kier molecular flexibility index (Phi) is 5.54. The molecule has 1 unspecified atom stereocenters. The van der Waals surface area contributed by atoms with E-state index in [0.29, 0.717) is 5.56 Å². The van der Waals surface area contributed by atoms with Crippen molar-refractivity contribution in [3.63, 3.8) is 0 Å². The molecule has 0 aliphatic rings. The lowest BCUT2D eigenvalue weighted by molar-refractivity contribution is -0.142. The summed E-state index contributed by atoms with van der Waals surface area (Å²) in [5.41, 5.74) is 0.460. The van der Waals surface area contributed by atoms with Crippen LogP contribution in [0.1, 0.15) is 31.6 Å². The highest BCUT2D eigenvalue weighted by Gasteiger charge is 2.35. The van der Waals surface area contributed by atoms with Gasteiger partial charge < -0.3 is 4.74 Å². The fourth-order valence-corrected chi connectivity index (χ4v) is 3.95. The van der Waals surface area contributed by atoms with Crippen LogP contribution in [0.4, 0.5) is 0 Å². The summed E-state index contributed by atoms with van der Waals surface area (Å²) in [6, 6.07) is 8.48. The van der Waals surface area contributed by atoms with Crippen molar-refractivity contribution >= 4 is 15.8 Å². The minimum Gasteiger partial charge on any atom is -0.465 e. The van der Waals surface area contributed by atoms with Gasteiger partial charge in [-0.25, -0.2) is 8.42 Å². The van der Waals surface area contributed by atoms with Gasteiger partial charge in [-0.15, -0.1) is 0 Å². The molecule has 0 N–H and O–H groups in total. The van der Waals surface area contributed by atoms with E-state index in [1.807, 2.05) is 13.8 Å². The number of rotatable bonds is 6. The molecule has 1 rings (SSSR count). The van der Waals surface area contributed by atoms with E-state index in [0.717, 1.165) is 0 Å². The summed E-state index contributed by atoms with van der Waals surface area (Å²) in [5.74, 6) is -0.772. The van der Waals surface area contributed by atoms with E-state index in [4.69, 9.17) is 4.74 Å². The molecule has 0 radical (unpaired) electrons. The standard InChI is InChI=1S/C14H20O4S/c1-4-18-14(15)13(12-8-6-5-7-9-12)19(16,17)10-11(2)3/h5-9,11,13H,4,10H2,1-3H3. The van der Waals surface area contributed by atoms with E-state index in [2.05, 4.69) is 0 Å². The van der Waals surface area contributed by atoms with E-state index in [-0.39, 0.29) is 18.3 Å². The first-order valence-electron chi connectivity index (χ1n) is 6.31. The highest BCUT2D eigenvalue weighted by Crippen LogP contribution is 2.26. The summed E-state index contributed by atoms with van der Waals surface area (Å²) in [5, 5.41) is -1.23. The second kappa shape index (κ2) is 6.70. The van der Waals surface area contributed by atoms with Crippen LogP contribution >= 0.6 is 0 Å². The van der Waals surface area contributed by atoms with Gasteiger partial charge in [0.15, 0.2) is 15.1 Å². The summed E-state index contributed by atoms with van der Waals surface area (Å²) >= 11 is 0. The van der Waals surface area contributed by atoms with Gasteiger partial charge in [0.2, 0.25) is 0 Å². The molecule has 0 saturated heterocycles. The average molecular weight is 284 g/mol. The van der Waals surface area contributed by atoms with Crippen molar-refractivity contribution < 1.29 is 17.9 Å². The van der Waals surface area contributed by atoms with Crippen molar-refractivity contribution in [2.75, 3.05) is 12.4 Å². The fraction of sp³-hybridized carbons (Fsp3) is 0.500. The molecule has 5 heteroatoms. The Morgan fingerprint density at radius 1 is 1.21 bits per heavy atom. The smallest absolute Gasteiger partial charge is 0.328 e. The number of esters is 1. The fourth-order valence-electron chi connectivity index (χ4n) is 1.90. The number of ether oxygens (including phenoxy) is 1. The number of hydrogen-bond acceptors (Lipinski definition) is 4. The molecule has 0 aliphatic heterocycles. The van der Waals surface area contributed by atoms with Gasteiger partial charge in [-0.3, -0.25) is 4.79 Å².